The van der Waals surface area contributed by atoms with Crippen LogP contribution in [-0.2, 0) is 0 Å². The van der Waals surface area contributed by atoms with Gasteiger partial charge in [0.05, 0.1) is 29.9 Å². The lowest BCUT2D eigenvalue weighted by molar-refractivity contribution is 0.414. The lowest BCUT2D eigenvalue weighted by Gasteiger charge is -2.07. The lowest BCUT2D eigenvalue weighted by Crippen LogP contribution is -2.08. The van der Waals surface area contributed by atoms with Crippen molar-refractivity contribution >= 4 is 33.2 Å². The molecule has 2 aromatic heterocycles. The molecule has 0 radical (unpaired) electrons. The van der Waals surface area contributed by atoms with Crippen LogP contribution in [0, 0.1) is 0 Å². The molecule has 2 heterocycles. The molecule has 0 saturated heterocycles. The number of nitrogens with one attached hydrogen (secondary N) is 1. The number of methoxy groups -OCH3 is 1. The third-order valence-electron chi connectivity index (χ3n) is 3.85. The van der Waals surface area contributed by atoms with Crippen molar-refractivity contribution in [3.63, 3.8) is 0 Å². The van der Waals surface area contributed by atoms with Gasteiger partial charge in [0.15, 0.2) is 0 Å². The molecule has 0 amide bonds. The van der Waals surface area contributed by atoms with Gasteiger partial charge in [-0.15, -0.1) is 0 Å². The fourth-order valence-electron chi connectivity index (χ4n) is 2.62. The summed E-state index contributed by atoms with van der Waals surface area (Å²) in [6, 6.07) is 14.9. The predicted octanol–water partition coefficient (Wildman–Crippen LogP) is 4.09. The molecule has 24 heavy (non-hydrogen) atoms. The van der Waals surface area contributed by atoms with Crippen LogP contribution in [0.2, 0.25) is 0 Å². The average Bonchev–Trinajstić information content (AvgIpc) is 2.63. The van der Waals surface area contributed by atoms with Crippen LogP contribution in [0.1, 0.15) is 0 Å². The zero-order chi connectivity index (χ0) is 16.5. The first-order chi connectivity index (χ1) is 11.7. The first kappa shape index (κ1) is 14.3. The average molecular weight is 318 g/mol. The Morgan fingerprint density at radius 3 is 2.88 bits per heavy atom. The van der Waals surface area contributed by atoms with E-state index >= 15 is 0 Å². The molecular weight excluding hydrogens is 304 g/mol. The molecule has 0 aliphatic carbocycles. The summed E-state index contributed by atoms with van der Waals surface area (Å²) in [4.78, 5) is 17.0. The first-order valence-electron chi connectivity index (χ1n) is 7.46. The lowest BCUT2D eigenvalue weighted by atomic mass is 10.2. The number of anilines is 2. The summed E-state index contributed by atoms with van der Waals surface area (Å²) in [5.74, 6) is 0.644. The van der Waals surface area contributed by atoms with E-state index in [0.717, 1.165) is 16.6 Å². The van der Waals surface area contributed by atoms with Gasteiger partial charge >= 0.3 is 0 Å². The van der Waals surface area contributed by atoms with E-state index in [1.807, 2.05) is 30.3 Å². The van der Waals surface area contributed by atoms with Crippen LogP contribution in [-0.4, -0.2) is 12.1 Å². The monoisotopic (exact) mass is 318 g/mol. The van der Waals surface area contributed by atoms with Gasteiger partial charge in [0.1, 0.15) is 23.3 Å². The van der Waals surface area contributed by atoms with Crippen molar-refractivity contribution in [2.75, 3.05) is 12.4 Å². The summed E-state index contributed by atoms with van der Waals surface area (Å²) in [6.07, 6.45) is 3.11. The van der Waals surface area contributed by atoms with Crippen LogP contribution in [0.25, 0.3) is 21.9 Å². The Hall–Kier alpha value is -3.34. The largest absolute Gasteiger partial charge is 0.497 e. The van der Waals surface area contributed by atoms with E-state index in [9.17, 15) is 4.79 Å². The van der Waals surface area contributed by atoms with E-state index in [2.05, 4.69) is 10.3 Å². The Kier molecular flexibility index (Phi) is 3.39. The second-order valence-electron chi connectivity index (χ2n) is 5.38. The van der Waals surface area contributed by atoms with Crippen LogP contribution in [0.15, 0.2) is 70.2 Å². The summed E-state index contributed by atoms with van der Waals surface area (Å²) >= 11 is 0. The molecule has 4 rings (SSSR count). The molecule has 0 aliphatic heterocycles. The highest BCUT2D eigenvalue weighted by Gasteiger charge is 2.09. The number of rotatable bonds is 3. The van der Waals surface area contributed by atoms with E-state index in [1.165, 1.54) is 6.26 Å². The zero-order valence-corrected chi connectivity index (χ0v) is 12.9. The topological polar surface area (TPSA) is 64.4 Å². The molecule has 4 aromatic rings. The minimum absolute atomic E-state index is 0.132. The van der Waals surface area contributed by atoms with Crippen LogP contribution < -0.4 is 15.5 Å². The molecule has 5 heteroatoms. The van der Waals surface area contributed by atoms with Crippen molar-refractivity contribution in [3.05, 3.63) is 71.2 Å². The summed E-state index contributed by atoms with van der Waals surface area (Å²) < 4.78 is 10.7. The highest BCUT2D eigenvalue weighted by molar-refractivity contribution is 5.84. The number of pyridine rings is 1. The van der Waals surface area contributed by atoms with E-state index in [0.29, 0.717) is 22.4 Å². The van der Waals surface area contributed by atoms with Crippen molar-refractivity contribution in [3.8, 4) is 5.75 Å². The van der Waals surface area contributed by atoms with Gasteiger partial charge in [0.2, 0.25) is 5.43 Å². The second kappa shape index (κ2) is 5.70. The maximum atomic E-state index is 12.6. The summed E-state index contributed by atoms with van der Waals surface area (Å²) in [5.41, 5.74) is 2.35. The van der Waals surface area contributed by atoms with Crippen molar-refractivity contribution < 1.29 is 9.15 Å². The molecule has 0 unspecified atom stereocenters. The number of aromatic nitrogens is 1. The number of hydrogen-bond donors (Lipinski definition) is 1. The third-order valence-corrected chi connectivity index (χ3v) is 3.85. The smallest absolute Gasteiger partial charge is 0.216 e. The van der Waals surface area contributed by atoms with Gasteiger partial charge < -0.3 is 14.5 Å². The molecule has 5 nitrogen and oxygen atoms in total. The van der Waals surface area contributed by atoms with Crippen molar-refractivity contribution in [2.24, 2.45) is 0 Å². The number of hydrogen-bond acceptors (Lipinski definition) is 5. The van der Waals surface area contributed by atoms with Gasteiger partial charge in [-0.05, 0) is 24.3 Å². The van der Waals surface area contributed by atoms with Gasteiger partial charge in [-0.25, -0.2) is 0 Å². The third kappa shape index (κ3) is 2.46. The maximum Gasteiger partial charge on any atom is 0.216 e. The van der Waals surface area contributed by atoms with E-state index in [-0.39, 0.29) is 5.43 Å². The fraction of sp³-hybridized carbons (Fsp3) is 0.0526. The summed E-state index contributed by atoms with van der Waals surface area (Å²) in [7, 11) is 1.57. The van der Waals surface area contributed by atoms with Crippen molar-refractivity contribution in [1.82, 2.24) is 4.98 Å². The van der Waals surface area contributed by atoms with Crippen molar-refractivity contribution in [2.45, 2.75) is 0 Å². The highest BCUT2D eigenvalue weighted by atomic mass is 16.5. The first-order valence-corrected chi connectivity index (χ1v) is 7.46. The standard InChI is InChI=1S/C19H14N2O3/c1-23-14-6-7-15-18(9-14)24-11-17(19(15)22)21-13-8-12-4-2-3-5-16(12)20-10-13/h2-11,21H,1H3. The molecule has 0 atom stereocenters. The van der Waals surface area contributed by atoms with Gasteiger partial charge in [-0.2, -0.15) is 0 Å². The SMILES string of the molecule is COc1ccc2c(=O)c(Nc3cnc4ccccc4c3)coc2c1. The molecule has 2 aromatic carbocycles. The normalized spacial score (nSPS) is 10.9. The van der Waals surface area contributed by atoms with Gasteiger partial charge in [0.25, 0.3) is 0 Å². The minimum atomic E-state index is -0.132. The van der Waals surface area contributed by atoms with Crippen LogP contribution in [0.3, 0.4) is 0 Å². The summed E-state index contributed by atoms with van der Waals surface area (Å²) in [6.45, 7) is 0. The molecule has 118 valence electrons. The van der Waals surface area contributed by atoms with E-state index in [1.54, 1.807) is 31.5 Å². The number of fused-ring (bicyclic) bond motifs is 2. The number of nitrogens with zero attached hydrogens (tertiary/aromatic N) is 1. The Morgan fingerprint density at radius 2 is 2.00 bits per heavy atom. The van der Waals surface area contributed by atoms with Gasteiger partial charge in [-0.3, -0.25) is 9.78 Å². The quantitative estimate of drug-likeness (QED) is 0.616. The predicted molar refractivity (Wildman–Crippen MR) is 94.1 cm³/mol. The fourth-order valence-corrected chi connectivity index (χ4v) is 2.62. The maximum absolute atomic E-state index is 12.6. The van der Waals surface area contributed by atoms with E-state index in [4.69, 9.17) is 9.15 Å². The zero-order valence-electron chi connectivity index (χ0n) is 12.9. The van der Waals surface area contributed by atoms with Gasteiger partial charge in [0, 0.05) is 11.5 Å². The Labute approximate surface area is 137 Å². The Balaban J connectivity index is 1.75. The van der Waals surface area contributed by atoms with Crippen LogP contribution >= 0.6 is 0 Å². The molecule has 0 saturated carbocycles. The highest BCUT2D eigenvalue weighted by Crippen LogP contribution is 2.22. The number of ether oxygens (including phenoxy) is 1. The van der Waals surface area contributed by atoms with Crippen LogP contribution in [0.4, 0.5) is 11.4 Å². The molecular formula is C19H14N2O3. The van der Waals surface area contributed by atoms with Crippen molar-refractivity contribution in [1.29, 1.82) is 0 Å². The molecule has 0 spiro atoms. The van der Waals surface area contributed by atoms with Gasteiger partial charge in [-0.1, -0.05) is 18.2 Å². The molecule has 0 aliphatic rings. The molecule has 0 fully saturated rings. The number of para-hydroxylation sites is 1. The van der Waals surface area contributed by atoms with Crippen LogP contribution in [0.5, 0.6) is 5.75 Å². The number of benzene rings is 2. The summed E-state index contributed by atoms with van der Waals surface area (Å²) in [5, 5.41) is 4.58. The minimum Gasteiger partial charge on any atom is -0.497 e. The Bertz CT molecular complexity index is 1100. The van der Waals surface area contributed by atoms with E-state index < -0.39 is 0 Å². The molecule has 1 N–H and O–H groups in total. The second-order valence-corrected chi connectivity index (χ2v) is 5.38. The Morgan fingerprint density at radius 1 is 1.12 bits per heavy atom. The molecule has 0 bridgehead atoms.